The van der Waals surface area contributed by atoms with Crippen LogP contribution in [0.4, 0.5) is 0 Å². The van der Waals surface area contributed by atoms with E-state index in [1.54, 1.807) is 0 Å². The average molecular weight is 223 g/mol. The summed E-state index contributed by atoms with van der Waals surface area (Å²) in [5.41, 5.74) is -0.426. The lowest BCUT2D eigenvalue weighted by Gasteiger charge is -2.43. The van der Waals surface area contributed by atoms with Crippen molar-refractivity contribution in [3.63, 3.8) is 0 Å². The van der Waals surface area contributed by atoms with E-state index in [0.717, 1.165) is 24.9 Å². The van der Waals surface area contributed by atoms with E-state index < -0.39 is 5.54 Å². The molecule has 0 aromatic rings. The molecule has 0 saturated carbocycles. The standard InChI is InChI=1S/C13H25N3/c1-10-6-11(2)12(3)16(7-10)9-13(4,8-14)15-5/h10-12,15H,6-7,9H2,1-5H3. The monoisotopic (exact) mass is 223 g/mol. The molecular formula is C13H25N3. The molecule has 0 bridgehead atoms. The van der Waals surface area contributed by atoms with Crippen molar-refractivity contribution in [2.45, 2.75) is 45.7 Å². The fraction of sp³-hybridized carbons (Fsp3) is 0.923. The summed E-state index contributed by atoms with van der Waals surface area (Å²) >= 11 is 0. The minimum Gasteiger partial charge on any atom is -0.302 e. The third-order valence-corrected chi connectivity index (χ3v) is 4.04. The van der Waals surface area contributed by atoms with Crippen LogP contribution in [0.15, 0.2) is 0 Å². The van der Waals surface area contributed by atoms with Gasteiger partial charge in [-0.1, -0.05) is 13.8 Å². The van der Waals surface area contributed by atoms with Crippen molar-refractivity contribution in [1.82, 2.24) is 10.2 Å². The van der Waals surface area contributed by atoms with Crippen LogP contribution in [-0.4, -0.2) is 36.6 Å². The Morgan fingerprint density at radius 3 is 2.56 bits per heavy atom. The van der Waals surface area contributed by atoms with E-state index in [2.05, 4.69) is 37.1 Å². The molecule has 92 valence electrons. The largest absolute Gasteiger partial charge is 0.302 e. The van der Waals surface area contributed by atoms with E-state index in [9.17, 15) is 5.26 Å². The van der Waals surface area contributed by atoms with Crippen LogP contribution < -0.4 is 5.32 Å². The maximum atomic E-state index is 9.19. The second-order valence-electron chi connectivity index (χ2n) is 5.68. The van der Waals surface area contributed by atoms with Gasteiger partial charge in [0.25, 0.3) is 0 Å². The Balaban J connectivity index is 2.69. The smallest absolute Gasteiger partial charge is 0.116 e. The number of rotatable bonds is 3. The SMILES string of the molecule is CNC(C)(C#N)CN1CC(C)CC(C)C1C. The van der Waals surface area contributed by atoms with Crippen LogP contribution >= 0.6 is 0 Å². The summed E-state index contributed by atoms with van der Waals surface area (Å²) < 4.78 is 0. The van der Waals surface area contributed by atoms with E-state index in [4.69, 9.17) is 0 Å². The van der Waals surface area contributed by atoms with Crippen molar-refractivity contribution >= 4 is 0 Å². The van der Waals surface area contributed by atoms with Gasteiger partial charge in [-0.2, -0.15) is 5.26 Å². The molecule has 3 nitrogen and oxygen atoms in total. The van der Waals surface area contributed by atoms with Crippen LogP contribution in [0.2, 0.25) is 0 Å². The van der Waals surface area contributed by atoms with Gasteiger partial charge in [0, 0.05) is 19.1 Å². The van der Waals surface area contributed by atoms with Crippen molar-refractivity contribution in [2.75, 3.05) is 20.1 Å². The first kappa shape index (κ1) is 13.5. The number of likely N-dealkylation sites (tertiary alicyclic amines) is 1. The highest BCUT2D eigenvalue weighted by Gasteiger charge is 2.33. The summed E-state index contributed by atoms with van der Waals surface area (Å²) in [6.45, 7) is 10.8. The fourth-order valence-electron chi connectivity index (χ4n) is 2.62. The molecule has 4 atom stereocenters. The van der Waals surface area contributed by atoms with Gasteiger partial charge < -0.3 is 5.32 Å². The predicted molar refractivity (Wildman–Crippen MR) is 67.1 cm³/mol. The molecule has 1 fully saturated rings. The molecule has 3 heteroatoms. The number of hydrogen-bond acceptors (Lipinski definition) is 3. The molecule has 0 spiro atoms. The van der Waals surface area contributed by atoms with E-state index >= 15 is 0 Å². The predicted octanol–water partition coefficient (Wildman–Crippen LogP) is 1.85. The summed E-state index contributed by atoms with van der Waals surface area (Å²) in [4.78, 5) is 2.46. The first-order chi connectivity index (χ1) is 7.41. The second-order valence-corrected chi connectivity index (χ2v) is 5.68. The summed E-state index contributed by atoms with van der Waals surface area (Å²) in [6, 6.07) is 2.95. The Morgan fingerprint density at radius 2 is 2.06 bits per heavy atom. The van der Waals surface area contributed by atoms with Crippen LogP contribution in [0.3, 0.4) is 0 Å². The summed E-state index contributed by atoms with van der Waals surface area (Å²) in [5, 5.41) is 12.3. The number of nitrogens with zero attached hydrogens (tertiary/aromatic N) is 2. The lowest BCUT2D eigenvalue weighted by molar-refractivity contribution is 0.0643. The Bertz CT molecular complexity index is 271. The van der Waals surface area contributed by atoms with Gasteiger partial charge in [-0.3, -0.25) is 4.90 Å². The van der Waals surface area contributed by atoms with Gasteiger partial charge in [0.15, 0.2) is 0 Å². The van der Waals surface area contributed by atoms with E-state index in [0.29, 0.717) is 6.04 Å². The quantitative estimate of drug-likeness (QED) is 0.793. The van der Waals surface area contributed by atoms with E-state index in [1.165, 1.54) is 6.42 Å². The number of nitrogens with one attached hydrogen (secondary N) is 1. The van der Waals surface area contributed by atoms with Gasteiger partial charge in [-0.05, 0) is 39.2 Å². The van der Waals surface area contributed by atoms with E-state index in [-0.39, 0.29) is 0 Å². The topological polar surface area (TPSA) is 39.1 Å². The molecule has 16 heavy (non-hydrogen) atoms. The van der Waals surface area contributed by atoms with Crippen LogP contribution in [0.25, 0.3) is 0 Å². The Hall–Kier alpha value is -0.590. The Morgan fingerprint density at radius 1 is 1.44 bits per heavy atom. The minimum atomic E-state index is -0.426. The molecule has 0 aromatic carbocycles. The molecule has 1 heterocycles. The maximum Gasteiger partial charge on any atom is 0.116 e. The van der Waals surface area contributed by atoms with Crippen molar-refractivity contribution in [3.8, 4) is 6.07 Å². The number of nitriles is 1. The van der Waals surface area contributed by atoms with Gasteiger partial charge in [0.2, 0.25) is 0 Å². The van der Waals surface area contributed by atoms with Gasteiger partial charge >= 0.3 is 0 Å². The highest BCUT2D eigenvalue weighted by Crippen LogP contribution is 2.27. The maximum absolute atomic E-state index is 9.19. The zero-order chi connectivity index (χ0) is 12.3. The lowest BCUT2D eigenvalue weighted by Crippen LogP contribution is -2.55. The second kappa shape index (κ2) is 5.16. The normalized spacial score (nSPS) is 35.4. The minimum absolute atomic E-state index is 0.426. The molecular weight excluding hydrogens is 198 g/mol. The van der Waals surface area contributed by atoms with Crippen molar-refractivity contribution in [2.24, 2.45) is 11.8 Å². The van der Waals surface area contributed by atoms with Gasteiger partial charge in [-0.15, -0.1) is 0 Å². The number of likely N-dealkylation sites (N-methyl/N-ethyl adjacent to an activating group) is 1. The zero-order valence-corrected chi connectivity index (χ0v) is 11.2. The molecule has 1 aliphatic heterocycles. The van der Waals surface area contributed by atoms with Crippen molar-refractivity contribution in [1.29, 1.82) is 5.26 Å². The molecule has 1 N–H and O–H groups in total. The van der Waals surface area contributed by atoms with Gasteiger partial charge in [-0.25, -0.2) is 0 Å². The van der Waals surface area contributed by atoms with Crippen molar-refractivity contribution in [3.05, 3.63) is 0 Å². The summed E-state index contributed by atoms with van der Waals surface area (Å²) in [5.74, 6) is 1.47. The molecule has 1 rings (SSSR count). The molecule has 1 saturated heterocycles. The first-order valence-corrected chi connectivity index (χ1v) is 6.26. The molecule has 0 amide bonds. The average Bonchev–Trinajstić information content (AvgIpc) is 2.25. The third kappa shape index (κ3) is 2.96. The Labute approximate surface area is 99.8 Å². The third-order valence-electron chi connectivity index (χ3n) is 4.04. The van der Waals surface area contributed by atoms with Gasteiger partial charge in [0.1, 0.15) is 5.54 Å². The van der Waals surface area contributed by atoms with Crippen LogP contribution in [0, 0.1) is 23.2 Å². The molecule has 0 aliphatic carbocycles. The Kier molecular flexibility index (Phi) is 4.35. The molecule has 0 radical (unpaired) electrons. The lowest BCUT2D eigenvalue weighted by atomic mass is 9.85. The van der Waals surface area contributed by atoms with E-state index in [1.807, 2.05) is 14.0 Å². The first-order valence-electron chi connectivity index (χ1n) is 6.26. The molecule has 1 aliphatic rings. The van der Waals surface area contributed by atoms with Crippen LogP contribution in [-0.2, 0) is 0 Å². The van der Waals surface area contributed by atoms with Crippen molar-refractivity contribution < 1.29 is 0 Å². The number of hydrogen-bond donors (Lipinski definition) is 1. The van der Waals surface area contributed by atoms with Gasteiger partial charge in [0.05, 0.1) is 6.07 Å². The number of piperidine rings is 1. The molecule has 0 aromatic heterocycles. The highest BCUT2D eigenvalue weighted by molar-refractivity contribution is 5.06. The summed E-state index contributed by atoms with van der Waals surface area (Å²) in [6.07, 6.45) is 1.31. The van der Waals surface area contributed by atoms with Crippen LogP contribution in [0.1, 0.15) is 34.1 Å². The summed E-state index contributed by atoms with van der Waals surface area (Å²) in [7, 11) is 1.87. The molecule has 4 unspecified atom stereocenters. The van der Waals surface area contributed by atoms with Crippen LogP contribution in [0.5, 0.6) is 0 Å². The highest BCUT2D eigenvalue weighted by atomic mass is 15.2. The fourth-order valence-corrected chi connectivity index (χ4v) is 2.62. The zero-order valence-electron chi connectivity index (χ0n) is 11.2.